The molecular formula is C21H34ClIN4O2. The van der Waals surface area contributed by atoms with Gasteiger partial charge in [0, 0.05) is 38.8 Å². The van der Waals surface area contributed by atoms with E-state index in [1.54, 1.807) is 7.11 Å². The molecule has 2 aliphatic rings. The van der Waals surface area contributed by atoms with E-state index >= 15 is 0 Å². The summed E-state index contributed by atoms with van der Waals surface area (Å²) in [5, 5.41) is 7.52. The van der Waals surface area contributed by atoms with Gasteiger partial charge >= 0.3 is 0 Å². The Morgan fingerprint density at radius 1 is 1.28 bits per heavy atom. The van der Waals surface area contributed by atoms with Crippen molar-refractivity contribution in [2.24, 2.45) is 4.99 Å². The van der Waals surface area contributed by atoms with Crippen molar-refractivity contribution in [1.29, 1.82) is 0 Å². The molecule has 29 heavy (non-hydrogen) atoms. The fourth-order valence-electron chi connectivity index (χ4n) is 4.24. The fourth-order valence-corrected chi connectivity index (χ4v) is 4.53. The van der Waals surface area contributed by atoms with Crippen LogP contribution >= 0.6 is 35.6 Å². The Bertz CT molecular complexity index is 683. The van der Waals surface area contributed by atoms with E-state index in [9.17, 15) is 0 Å². The Hall–Kier alpha value is -0.930. The molecule has 1 unspecified atom stereocenters. The van der Waals surface area contributed by atoms with Crippen LogP contribution in [0.1, 0.15) is 44.6 Å². The van der Waals surface area contributed by atoms with E-state index in [4.69, 9.17) is 21.1 Å². The molecule has 1 saturated carbocycles. The van der Waals surface area contributed by atoms with Crippen molar-refractivity contribution >= 4 is 41.5 Å². The van der Waals surface area contributed by atoms with Gasteiger partial charge in [0.05, 0.1) is 18.7 Å². The Morgan fingerprint density at radius 3 is 2.69 bits per heavy atom. The Balaban J connectivity index is 0.00000300. The van der Waals surface area contributed by atoms with Crippen LogP contribution in [0.25, 0.3) is 0 Å². The second-order valence-corrected chi connectivity index (χ2v) is 7.94. The van der Waals surface area contributed by atoms with Crippen LogP contribution in [-0.2, 0) is 6.54 Å². The Kier molecular flexibility index (Phi) is 10.1. The average molecular weight is 537 g/mol. The van der Waals surface area contributed by atoms with Crippen LogP contribution in [0.3, 0.4) is 0 Å². The van der Waals surface area contributed by atoms with Crippen molar-refractivity contribution < 1.29 is 9.47 Å². The summed E-state index contributed by atoms with van der Waals surface area (Å²) >= 11 is 6.37. The van der Waals surface area contributed by atoms with E-state index < -0.39 is 0 Å². The first-order valence-electron chi connectivity index (χ1n) is 10.3. The number of nitrogens with one attached hydrogen (secondary N) is 2. The third kappa shape index (κ3) is 6.52. The van der Waals surface area contributed by atoms with Crippen LogP contribution in [0.5, 0.6) is 11.5 Å². The minimum atomic E-state index is 0. The van der Waals surface area contributed by atoms with Crippen LogP contribution in [0, 0.1) is 0 Å². The zero-order valence-electron chi connectivity index (χ0n) is 17.7. The van der Waals surface area contributed by atoms with Gasteiger partial charge in [-0.3, -0.25) is 9.89 Å². The van der Waals surface area contributed by atoms with Crippen LogP contribution in [-0.4, -0.2) is 56.8 Å². The molecule has 1 aliphatic carbocycles. The fraction of sp³-hybridized carbons (Fsp3) is 0.667. The quantitative estimate of drug-likeness (QED) is 0.313. The summed E-state index contributed by atoms with van der Waals surface area (Å²) in [6.07, 6.45) is 6.66. The monoisotopic (exact) mass is 536 g/mol. The van der Waals surface area contributed by atoms with Gasteiger partial charge in [0.25, 0.3) is 0 Å². The maximum absolute atomic E-state index is 6.37. The highest BCUT2D eigenvalue weighted by Crippen LogP contribution is 2.36. The molecule has 2 fully saturated rings. The molecule has 8 heteroatoms. The van der Waals surface area contributed by atoms with Crippen molar-refractivity contribution in [3.63, 3.8) is 0 Å². The molecule has 0 amide bonds. The molecule has 1 saturated heterocycles. The molecule has 1 aliphatic heterocycles. The van der Waals surface area contributed by atoms with Gasteiger partial charge in [0.15, 0.2) is 17.5 Å². The minimum Gasteiger partial charge on any atom is -0.493 e. The van der Waals surface area contributed by atoms with Crippen molar-refractivity contribution in [1.82, 2.24) is 15.5 Å². The molecule has 1 atom stereocenters. The molecule has 0 spiro atoms. The lowest BCUT2D eigenvalue weighted by atomic mass is 10.2. The lowest BCUT2D eigenvalue weighted by Crippen LogP contribution is -2.45. The third-order valence-electron chi connectivity index (χ3n) is 5.66. The molecule has 1 aromatic rings. The van der Waals surface area contributed by atoms with Gasteiger partial charge in [-0.1, -0.05) is 24.4 Å². The van der Waals surface area contributed by atoms with Crippen molar-refractivity contribution in [3.05, 3.63) is 22.7 Å². The minimum absolute atomic E-state index is 0. The highest BCUT2D eigenvalue weighted by molar-refractivity contribution is 14.0. The Labute approximate surface area is 196 Å². The summed E-state index contributed by atoms with van der Waals surface area (Å²) < 4.78 is 11.0. The van der Waals surface area contributed by atoms with E-state index in [1.807, 2.05) is 26.1 Å². The van der Waals surface area contributed by atoms with Gasteiger partial charge in [-0.05, 0) is 43.9 Å². The van der Waals surface area contributed by atoms with Crippen molar-refractivity contribution in [2.45, 2.75) is 57.7 Å². The van der Waals surface area contributed by atoms with Crippen LogP contribution in [0.4, 0.5) is 0 Å². The van der Waals surface area contributed by atoms with E-state index in [1.165, 1.54) is 38.6 Å². The summed E-state index contributed by atoms with van der Waals surface area (Å²) in [6.45, 7) is 5.38. The van der Waals surface area contributed by atoms with E-state index in [0.717, 1.165) is 24.1 Å². The SMILES string of the molecule is CCOc1c(Cl)cc(CNC(=NC)NC2CCN(C3CCCC3)C2)cc1OC.I. The normalized spacial score (nSPS) is 20.4. The maximum atomic E-state index is 6.37. The number of hydrogen-bond donors (Lipinski definition) is 2. The first kappa shape index (κ1) is 24.3. The largest absolute Gasteiger partial charge is 0.493 e. The van der Waals surface area contributed by atoms with Gasteiger partial charge < -0.3 is 20.1 Å². The predicted molar refractivity (Wildman–Crippen MR) is 130 cm³/mol. The topological polar surface area (TPSA) is 58.1 Å². The van der Waals surface area contributed by atoms with E-state index in [-0.39, 0.29) is 24.0 Å². The summed E-state index contributed by atoms with van der Waals surface area (Å²) in [7, 11) is 3.44. The number of ether oxygens (including phenoxy) is 2. The lowest BCUT2D eigenvalue weighted by Gasteiger charge is -2.24. The van der Waals surface area contributed by atoms with Gasteiger partial charge in [-0.15, -0.1) is 24.0 Å². The second kappa shape index (κ2) is 12.1. The van der Waals surface area contributed by atoms with Crippen LogP contribution in [0.2, 0.25) is 5.02 Å². The first-order valence-corrected chi connectivity index (χ1v) is 10.7. The first-order chi connectivity index (χ1) is 13.6. The van der Waals surface area contributed by atoms with Crippen molar-refractivity contribution in [2.75, 3.05) is 33.9 Å². The molecule has 0 radical (unpaired) electrons. The molecule has 0 aromatic heterocycles. The molecule has 3 rings (SSSR count). The highest BCUT2D eigenvalue weighted by Gasteiger charge is 2.30. The Morgan fingerprint density at radius 2 is 2.03 bits per heavy atom. The number of halogens is 2. The summed E-state index contributed by atoms with van der Waals surface area (Å²) in [4.78, 5) is 7.04. The number of benzene rings is 1. The van der Waals surface area contributed by atoms with Crippen LogP contribution in [0.15, 0.2) is 17.1 Å². The summed E-state index contributed by atoms with van der Waals surface area (Å²) in [5.41, 5.74) is 1.02. The summed E-state index contributed by atoms with van der Waals surface area (Å²) in [6, 6.07) is 5.10. The number of nitrogens with zero attached hydrogens (tertiary/aromatic N) is 2. The van der Waals surface area contributed by atoms with Gasteiger partial charge in [0.2, 0.25) is 0 Å². The number of methoxy groups -OCH3 is 1. The molecule has 2 N–H and O–H groups in total. The van der Waals surface area contributed by atoms with Gasteiger partial charge in [0.1, 0.15) is 0 Å². The zero-order chi connectivity index (χ0) is 19.9. The molecule has 1 heterocycles. The number of likely N-dealkylation sites (tertiary alicyclic amines) is 1. The third-order valence-corrected chi connectivity index (χ3v) is 5.94. The summed E-state index contributed by atoms with van der Waals surface area (Å²) in [5.74, 6) is 2.07. The van der Waals surface area contributed by atoms with Crippen molar-refractivity contribution in [3.8, 4) is 11.5 Å². The average Bonchev–Trinajstić information content (AvgIpc) is 3.38. The van der Waals surface area contributed by atoms with E-state index in [2.05, 4.69) is 20.5 Å². The van der Waals surface area contributed by atoms with Crippen LogP contribution < -0.4 is 20.1 Å². The number of hydrogen-bond acceptors (Lipinski definition) is 4. The number of aliphatic imine (C=N–C) groups is 1. The van der Waals surface area contributed by atoms with E-state index in [0.29, 0.717) is 35.7 Å². The maximum Gasteiger partial charge on any atom is 0.191 e. The zero-order valence-corrected chi connectivity index (χ0v) is 20.8. The van der Waals surface area contributed by atoms with Gasteiger partial charge in [-0.2, -0.15) is 0 Å². The molecule has 1 aromatic carbocycles. The molecule has 6 nitrogen and oxygen atoms in total. The predicted octanol–water partition coefficient (Wildman–Crippen LogP) is 4.05. The number of guanidine groups is 1. The molecular weight excluding hydrogens is 503 g/mol. The standard InChI is InChI=1S/C21H33ClN4O2.HI/c1-4-28-20-18(22)11-15(12-19(20)27-3)13-24-21(23-2)25-16-9-10-26(14-16)17-7-5-6-8-17;/h11-12,16-17H,4-10,13-14H2,1-3H3,(H2,23,24,25);1H. The highest BCUT2D eigenvalue weighted by atomic mass is 127. The lowest BCUT2D eigenvalue weighted by molar-refractivity contribution is 0.242. The molecule has 164 valence electrons. The molecule has 0 bridgehead atoms. The number of rotatable bonds is 7. The smallest absolute Gasteiger partial charge is 0.191 e. The van der Waals surface area contributed by atoms with Gasteiger partial charge in [-0.25, -0.2) is 0 Å². The second-order valence-electron chi connectivity index (χ2n) is 7.53.